The van der Waals surface area contributed by atoms with E-state index in [1.54, 1.807) is 34.9 Å². The van der Waals surface area contributed by atoms with Crippen LogP contribution in [0.25, 0.3) is 27.5 Å². The Morgan fingerprint density at radius 1 is 0.786 bits per heavy atom. The quantitative estimate of drug-likeness (QED) is 0.382. The molecule has 0 fully saturated rings. The van der Waals surface area contributed by atoms with Crippen molar-refractivity contribution < 1.29 is 14.5 Å². The first kappa shape index (κ1) is 16.1. The molecule has 134 valence electrons. The second kappa shape index (κ2) is 5.72. The number of rotatable bonds is 2. The van der Waals surface area contributed by atoms with Gasteiger partial charge in [0.25, 0.3) is 5.69 Å². The first-order chi connectivity index (χ1) is 13.6. The van der Waals surface area contributed by atoms with Crippen LogP contribution in [0.5, 0.6) is 0 Å². The molecule has 6 heteroatoms. The van der Waals surface area contributed by atoms with Gasteiger partial charge in [-0.25, -0.2) is 0 Å². The maximum Gasteiger partial charge on any atom is 0.293 e. The Kier molecular flexibility index (Phi) is 3.30. The highest BCUT2D eigenvalue weighted by molar-refractivity contribution is 6.29. The molecule has 0 amide bonds. The van der Waals surface area contributed by atoms with Crippen molar-refractivity contribution in [2.45, 2.75) is 0 Å². The first-order valence-corrected chi connectivity index (χ1v) is 8.64. The highest BCUT2D eigenvalue weighted by Crippen LogP contribution is 2.38. The van der Waals surface area contributed by atoms with Gasteiger partial charge in [-0.15, -0.1) is 0 Å². The molecule has 0 spiro atoms. The molecule has 0 aliphatic heterocycles. The van der Waals surface area contributed by atoms with E-state index in [4.69, 9.17) is 0 Å². The average Bonchev–Trinajstić information content (AvgIpc) is 3.05. The standard InChI is InChI=1S/C22H12N2O4/c25-19-11-12-20(26)21-15(19)10-9-14-13-5-1-2-6-16(13)23(22(14)21)17-7-3-4-8-18(17)24(27)28/h1-12H. The van der Waals surface area contributed by atoms with Gasteiger partial charge in [0, 0.05) is 22.4 Å². The zero-order chi connectivity index (χ0) is 19.4. The lowest BCUT2D eigenvalue weighted by molar-refractivity contribution is -0.384. The first-order valence-electron chi connectivity index (χ1n) is 8.64. The number of ketones is 2. The van der Waals surface area contributed by atoms with E-state index in [-0.39, 0.29) is 22.8 Å². The number of nitro benzene ring substituents is 1. The number of fused-ring (bicyclic) bond motifs is 5. The van der Waals surface area contributed by atoms with Crippen LogP contribution in [0.1, 0.15) is 20.7 Å². The molecule has 0 N–H and O–H groups in total. The summed E-state index contributed by atoms with van der Waals surface area (Å²) in [6.45, 7) is 0. The van der Waals surface area contributed by atoms with Gasteiger partial charge in [-0.05, 0) is 30.4 Å². The Hall–Kier alpha value is -4.06. The summed E-state index contributed by atoms with van der Waals surface area (Å²) < 4.78 is 1.71. The molecule has 0 unspecified atom stereocenters. The summed E-state index contributed by atoms with van der Waals surface area (Å²) in [6.07, 6.45) is 2.51. The lowest BCUT2D eigenvalue weighted by Gasteiger charge is -2.14. The Morgan fingerprint density at radius 3 is 2.32 bits per heavy atom. The molecule has 1 aliphatic carbocycles. The van der Waals surface area contributed by atoms with E-state index in [2.05, 4.69) is 0 Å². The summed E-state index contributed by atoms with van der Waals surface area (Å²) in [7, 11) is 0. The van der Waals surface area contributed by atoms with E-state index >= 15 is 0 Å². The van der Waals surface area contributed by atoms with Crippen LogP contribution in [0.4, 0.5) is 5.69 Å². The van der Waals surface area contributed by atoms with Crippen molar-refractivity contribution in [2.24, 2.45) is 0 Å². The SMILES string of the molecule is O=C1C=CC(=O)c2c1ccc1c3ccccc3n(-c3ccccc3[N+](=O)[O-])c21. The summed E-state index contributed by atoms with van der Waals surface area (Å²) in [6, 6.07) is 17.3. The highest BCUT2D eigenvalue weighted by atomic mass is 16.6. The van der Waals surface area contributed by atoms with Crippen molar-refractivity contribution in [3.8, 4) is 5.69 Å². The second-order valence-corrected chi connectivity index (χ2v) is 6.54. The Labute approximate surface area is 158 Å². The predicted octanol–water partition coefficient (Wildman–Crippen LogP) is 4.63. The van der Waals surface area contributed by atoms with Gasteiger partial charge in [0.05, 0.1) is 21.5 Å². The Morgan fingerprint density at radius 2 is 1.50 bits per heavy atom. The maximum absolute atomic E-state index is 12.7. The molecule has 1 aromatic heterocycles. The van der Waals surface area contributed by atoms with Gasteiger partial charge >= 0.3 is 0 Å². The van der Waals surface area contributed by atoms with Gasteiger partial charge in [-0.2, -0.15) is 0 Å². The van der Waals surface area contributed by atoms with Gasteiger partial charge in [0.15, 0.2) is 11.6 Å². The Balaban J connectivity index is 2.05. The zero-order valence-corrected chi connectivity index (χ0v) is 14.5. The van der Waals surface area contributed by atoms with Crippen LogP contribution < -0.4 is 0 Å². The lowest BCUT2D eigenvalue weighted by atomic mass is 9.92. The molecule has 1 aliphatic rings. The van der Waals surface area contributed by atoms with E-state index in [1.165, 1.54) is 18.2 Å². The van der Waals surface area contributed by atoms with Crippen molar-refractivity contribution in [2.75, 3.05) is 0 Å². The average molecular weight is 368 g/mol. The largest absolute Gasteiger partial charge is 0.302 e. The van der Waals surface area contributed by atoms with Gasteiger partial charge in [0.1, 0.15) is 5.69 Å². The van der Waals surface area contributed by atoms with Crippen molar-refractivity contribution >= 4 is 39.1 Å². The number of benzene rings is 3. The van der Waals surface area contributed by atoms with Gasteiger partial charge in [0.2, 0.25) is 0 Å². The molecule has 0 saturated heterocycles. The third-order valence-electron chi connectivity index (χ3n) is 5.05. The number of aromatic nitrogens is 1. The third kappa shape index (κ3) is 2.08. The molecule has 1 heterocycles. The minimum Gasteiger partial charge on any atom is -0.302 e. The van der Waals surface area contributed by atoms with Crippen molar-refractivity contribution in [1.82, 2.24) is 4.57 Å². The Bertz CT molecular complexity index is 1380. The van der Waals surface area contributed by atoms with Crippen LogP contribution >= 0.6 is 0 Å². The van der Waals surface area contributed by atoms with Crippen LogP contribution in [0.2, 0.25) is 0 Å². The summed E-state index contributed by atoms with van der Waals surface area (Å²) >= 11 is 0. The molecular weight excluding hydrogens is 356 g/mol. The van der Waals surface area contributed by atoms with Gasteiger partial charge in [-0.1, -0.05) is 36.4 Å². The second-order valence-electron chi connectivity index (χ2n) is 6.54. The number of nitrogens with zero attached hydrogens (tertiary/aromatic N) is 2. The smallest absolute Gasteiger partial charge is 0.293 e. The van der Waals surface area contributed by atoms with Crippen LogP contribution in [-0.4, -0.2) is 21.1 Å². The van der Waals surface area contributed by atoms with Crippen LogP contribution in [-0.2, 0) is 0 Å². The molecule has 0 saturated carbocycles. The minimum atomic E-state index is -0.446. The van der Waals surface area contributed by atoms with E-state index in [0.717, 1.165) is 16.3 Å². The molecule has 0 radical (unpaired) electrons. The zero-order valence-electron chi connectivity index (χ0n) is 14.5. The van der Waals surface area contributed by atoms with E-state index in [9.17, 15) is 19.7 Å². The van der Waals surface area contributed by atoms with E-state index < -0.39 is 4.92 Å². The van der Waals surface area contributed by atoms with Gasteiger partial charge < -0.3 is 4.57 Å². The highest BCUT2D eigenvalue weighted by Gasteiger charge is 2.27. The van der Waals surface area contributed by atoms with Crippen LogP contribution in [0.3, 0.4) is 0 Å². The fourth-order valence-electron chi connectivity index (χ4n) is 3.89. The molecule has 4 aromatic rings. The number of allylic oxidation sites excluding steroid dienone is 2. The number of hydrogen-bond donors (Lipinski definition) is 0. The van der Waals surface area contributed by atoms with Crippen molar-refractivity contribution in [3.63, 3.8) is 0 Å². The molecule has 28 heavy (non-hydrogen) atoms. The summed E-state index contributed by atoms with van der Waals surface area (Å²) in [4.78, 5) is 36.3. The summed E-state index contributed by atoms with van der Waals surface area (Å²) in [5.74, 6) is -0.543. The van der Waals surface area contributed by atoms with E-state index in [0.29, 0.717) is 16.8 Å². The molecule has 0 atom stereocenters. The minimum absolute atomic E-state index is 0.0760. The van der Waals surface area contributed by atoms with Crippen LogP contribution in [0, 0.1) is 10.1 Å². The number of para-hydroxylation sites is 3. The van der Waals surface area contributed by atoms with Gasteiger partial charge in [-0.3, -0.25) is 19.7 Å². The molecule has 5 rings (SSSR count). The number of nitro groups is 1. The number of hydrogen-bond acceptors (Lipinski definition) is 4. The molecule has 0 bridgehead atoms. The molecule has 6 nitrogen and oxygen atoms in total. The lowest BCUT2D eigenvalue weighted by Crippen LogP contribution is -2.13. The van der Waals surface area contributed by atoms with Crippen LogP contribution in [0.15, 0.2) is 72.8 Å². The topological polar surface area (TPSA) is 82.2 Å². The number of carbonyl (C=O) groups excluding carboxylic acids is 2. The molecular formula is C22H12N2O4. The summed E-state index contributed by atoms with van der Waals surface area (Å²) in [5, 5.41) is 13.3. The molecule has 3 aromatic carbocycles. The fourth-order valence-corrected chi connectivity index (χ4v) is 3.89. The van der Waals surface area contributed by atoms with E-state index in [1.807, 2.05) is 24.3 Å². The van der Waals surface area contributed by atoms with Crippen molar-refractivity contribution in [3.05, 3.63) is 94.1 Å². The maximum atomic E-state index is 12.7. The monoisotopic (exact) mass is 368 g/mol. The fraction of sp³-hybridized carbons (Fsp3) is 0. The third-order valence-corrected chi connectivity index (χ3v) is 5.05. The normalized spacial score (nSPS) is 13.3. The number of carbonyl (C=O) groups is 2. The predicted molar refractivity (Wildman–Crippen MR) is 105 cm³/mol. The summed E-state index contributed by atoms with van der Waals surface area (Å²) in [5.41, 5.74) is 2.10. The van der Waals surface area contributed by atoms with Crippen molar-refractivity contribution in [1.29, 1.82) is 0 Å².